The summed E-state index contributed by atoms with van der Waals surface area (Å²) in [7, 11) is 0. The van der Waals surface area contributed by atoms with Gasteiger partial charge in [-0.25, -0.2) is 0 Å². The molecule has 1 rings (SSSR count). The smallest absolute Gasteiger partial charge is 0.233 e. The van der Waals surface area contributed by atoms with E-state index in [1.165, 1.54) is 62.7 Å². The molecule has 0 aromatic carbocycles. The van der Waals surface area contributed by atoms with Crippen molar-refractivity contribution in [1.29, 1.82) is 0 Å². The number of hydrogen-bond acceptors (Lipinski definition) is 2. The molecular formula is C18H31NO2. The Labute approximate surface area is 129 Å². The summed E-state index contributed by atoms with van der Waals surface area (Å²) < 4.78 is 0. The number of allylic oxidation sites excluding steroid dienone is 1. The first kappa shape index (κ1) is 17.9. The SMILES string of the molecule is CCCCCCCCCCCCC=CN1C(=O)CCC1=O. The molecule has 2 amide bonds. The van der Waals surface area contributed by atoms with Gasteiger partial charge in [0.2, 0.25) is 11.8 Å². The van der Waals surface area contributed by atoms with Gasteiger partial charge < -0.3 is 0 Å². The van der Waals surface area contributed by atoms with Gasteiger partial charge in [-0.15, -0.1) is 0 Å². The lowest BCUT2D eigenvalue weighted by molar-refractivity contribution is -0.135. The molecule has 0 unspecified atom stereocenters. The van der Waals surface area contributed by atoms with Crippen molar-refractivity contribution in [2.45, 2.75) is 90.4 Å². The molecule has 120 valence electrons. The molecular weight excluding hydrogens is 262 g/mol. The Hall–Kier alpha value is -1.12. The molecule has 0 saturated carbocycles. The largest absolute Gasteiger partial charge is 0.274 e. The third-order valence-corrected chi connectivity index (χ3v) is 4.07. The molecule has 3 nitrogen and oxygen atoms in total. The average molecular weight is 293 g/mol. The monoisotopic (exact) mass is 293 g/mol. The van der Waals surface area contributed by atoms with E-state index in [-0.39, 0.29) is 11.8 Å². The molecule has 0 aromatic heterocycles. The van der Waals surface area contributed by atoms with Crippen LogP contribution in [0.1, 0.15) is 90.4 Å². The Morgan fingerprint density at radius 1 is 0.810 bits per heavy atom. The van der Waals surface area contributed by atoms with E-state index in [1.54, 1.807) is 6.20 Å². The summed E-state index contributed by atoms with van der Waals surface area (Å²) in [6.07, 6.45) is 18.7. The van der Waals surface area contributed by atoms with Crippen molar-refractivity contribution in [3.05, 3.63) is 12.3 Å². The number of imide groups is 1. The number of hydrogen-bond donors (Lipinski definition) is 0. The first-order valence-corrected chi connectivity index (χ1v) is 8.77. The quantitative estimate of drug-likeness (QED) is 0.377. The third-order valence-electron chi connectivity index (χ3n) is 4.07. The molecule has 0 spiro atoms. The summed E-state index contributed by atoms with van der Waals surface area (Å²) in [6, 6.07) is 0. The molecule has 1 heterocycles. The molecule has 21 heavy (non-hydrogen) atoms. The van der Waals surface area contributed by atoms with Crippen LogP contribution in [0.3, 0.4) is 0 Å². The Morgan fingerprint density at radius 2 is 1.29 bits per heavy atom. The van der Waals surface area contributed by atoms with Crippen LogP contribution in [-0.2, 0) is 9.59 Å². The number of rotatable bonds is 12. The van der Waals surface area contributed by atoms with E-state index < -0.39 is 0 Å². The van der Waals surface area contributed by atoms with Gasteiger partial charge in [-0.1, -0.05) is 70.8 Å². The summed E-state index contributed by atoms with van der Waals surface area (Å²) in [5, 5.41) is 0. The highest BCUT2D eigenvalue weighted by atomic mass is 16.2. The van der Waals surface area contributed by atoms with Crippen LogP contribution in [0, 0.1) is 0 Å². The number of carbonyl (C=O) groups is 2. The molecule has 0 radical (unpaired) electrons. The minimum absolute atomic E-state index is 0.0562. The lowest BCUT2D eigenvalue weighted by Gasteiger charge is -2.06. The number of nitrogens with zero attached hydrogens (tertiary/aromatic N) is 1. The van der Waals surface area contributed by atoms with Gasteiger partial charge >= 0.3 is 0 Å². The Bertz CT molecular complexity index is 320. The summed E-state index contributed by atoms with van der Waals surface area (Å²) in [5.41, 5.74) is 0. The molecule has 1 fully saturated rings. The van der Waals surface area contributed by atoms with Gasteiger partial charge in [-0.3, -0.25) is 14.5 Å². The van der Waals surface area contributed by atoms with E-state index >= 15 is 0 Å². The van der Waals surface area contributed by atoms with E-state index in [1.807, 2.05) is 6.08 Å². The minimum atomic E-state index is -0.0562. The van der Waals surface area contributed by atoms with E-state index in [0.717, 1.165) is 12.8 Å². The first-order chi connectivity index (χ1) is 10.3. The number of carbonyl (C=O) groups excluding carboxylic acids is 2. The molecule has 0 atom stereocenters. The highest BCUT2D eigenvalue weighted by Gasteiger charge is 2.26. The van der Waals surface area contributed by atoms with Gasteiger partial charge in [-0.05, 0) is 12.8 Å². The zero-order valence-electron chi connectivity index (χ0n) is 13.6. The van der Waals surface area contributed by atoms with Crippen molar-refractivity contribution >= 4 is 11.8 Å². The number of amides is 2. The van der Waals surface area contributed by atoms with Crippen LogP contribution >= 0.6 is 0 Å². The minimum Gasteiger partial charge on any atom is -0.274 e. The van der Waals surface area contributed by atoms with Gasteiger partial charge in [0.25, 0.3) is 0 Å². The number of unbranched alkanes of at least 4 members (excludes halogenated alkanes) is 10. The maximum Gasteiger partial charge on any atom is 0.233 e. The third kappa shape index (κ3) is 8.03. The first-order valence-electron chi connectivity index (χ1n) is 8.77. The van der Waals surface area contributed by atoms with Crippen LogP contribution in [0.5, 0.6) is 0 Å². The molecule has 0 N–H and O–H groups in total. The standard InChI is InChI=1S/C18H31NO2/c1-2-3-4-5-6-7-8-9-10-11-12-13-16-19-17(20)14-15-18(19)21/h13,16H,2-12,14-15H2,1H3. The second-order valence-corrected chi connectivity index (χ2v) is 6.01. The molecule has 1 saturated heterocycles. The lowest BCUT2D eigenvalue weighted by Crippen LogP contribution is -2.22. The van der Waals surface area contributed by atoms with Crippen molar-refractivity contribution in [1.82, 2.24) is 4.90 Å². The van der Waals surface area contributed by atoms with Crippen LogP contribution in [0.15, 0.2) is 12.3 Å². The maximum atomic E-state index is 11.4. The van der Waals surface area contributed by atoms with Crippen molar-refractivity contribution in [3.63, 3.8) is 0 Å². The van der Waals surface area contributed by atoms with Crippen molar-refractivity contribution in [2.24, 2.45) is 0 Å². The second-order valence-electron chi connectivity index (χ2n) is 6.01. The predicted octanol–water partition coefficient (Wildman–Crippen LogP) is 4.96. The van der Waals surface area contributed by atoms with E-state index in [0.29, 0.717) is 12.8 Å². The molecule has 1 aliphatic rings. The van der Waals surface area contributed by atoms with E-state index in [9.17, 15) is 9.59 Å². The van der Waals surface area contributed by atoms with E-state index in [4.69, 9.17) is 0 Å². The Morgan fingerprint density at radius 3 is 1.81 bits per heavy atom. The van der Waals surface area contributed by atoms with Gasteiger partial charge in [0.15, 0.2) is 0 Å². The molecule has 3 heteroatoms. The summed E-state index contributed by atoms with van der Waals surface area (Å²) in [4.78, 5) is 24.0. The van der Waals surface area contributed by atoms with Crippen molar-refractivity contribution < 1.29 is 9.59 Å². The lowest BCUT2D eigenvalue weighted by atomic mass is 10.1. The fourth-order valence-corrected chi connectivity index (χ4v) is 2.69. The Kier molecular flexibility index (Phi) is 9.84. The van der Waals surface area contributed by atoms with Crippen LogP contribution in [-0.4, -0.2) is 16.7 Å². The zero-order chi connectivity index (χ0) is 15.3. The molecule has 0 aromatic rings. The van der Waals surface area contributed by atoms with Crippen molar-refractivity contribution in [2.75, 3.05) is 0 Å². The average Bonchev–Trinajstić information content (AvgIpc) is 2.80. The topological polar surface area (TPSA) is 37.4 Å². The highest BCUT2D eigenvalue weighted by molar-refractivity contribution is 6.02. The van der Waals surface area contributed by atoms with Gasteiger partial charge in [0.05, 0.1) is 0 Å². The fraction of sp³-hybridized carbons (Fsp3) is 0.778. The predicted molar refractivity (Wildman–Crippen MR) is 86.7 cm³/mol. The Balaban J connectivity index is 1.88. The molecule has 0 aliphatic carbocycles. The number of likely N-dealkylation sites (tertiary alicyclic amines) is 1. The van der Waals surface area contributed by atoms with Crippen LogP contribution in [0.2, 0.25) is 0 Å². The molecule has 1 aliphatic heterocycles. The van der Waals surface area contributed by atoms with Crippen LogP contribution < -0.4 is 0 Å². The molecule has 0 bridgehead atoms. The fourth-order valence-electron chi connectivity index (χ4n) is 2.69. The van der Waals surface area contributed by atoms with Gasteiger partial charge in [0.1, 0.15) is 0 Å². The van der Waals surface area contributed by atoms with Gasteiger partial charge in [-0.2, -0.15) is 0 Å². The van der Waals surface area contributed by atoms with Gasteiger partial charge in [0, 0.05) is 19.0 Å². The zero-order valence-corrected chi connectivity index (χ0v) is 13.6. The van der Waals surface area contributed by atoms with Crippen molar-refractivity contribution in [3.8, 4) is 0 Å². The highest BCUT2D eigenvalue weighted by Crippen LogP contribution is 2.14. The maximum absolute atomic E-state index is 11.4. The van der Waals surface area contributed by atoms with E-state index in [2.05, 4.69) is 6.92 Å². The normalized spacial score (nSPS) is 15.6. The second kappa shape index (κ2) is 11.5. The summed E-state index contributed by atoms with van der Waals surface area (Å²) in [5.74, 6) is -0.112. The van der Waals surface area contributed by atoms with Crippen LogP contribution in [0.25, 0.3) is 0 Å². The van der Waals surface area contributed by atoms with Crippen LogP contribution in [0.4, 0.5) is 0 Å². The summed E-state index contributed by atoms with van der Waals surface area (Å²) in [6.45, 7) is 2.25. The summed E-state index contributed by atoms with van der Waals surface area (Å²) >= 11 is 0.